The van der Waals surface area contributed by atoms with Gasteiger partial charge in [0, 0.05) is 38.2 Å². The van der Waals surface area contributed by atoms with E-state index in [9.17, 15) is 18.0 Å². The van der Waals surface area contributed by atoms with Gasteiger partial charge in [-0.05, 0) is 49.6 Å². The van der Waals surface area contributed by atoms with Gasteiger partial charge in [0.2, 0.25) is 11.8 Å². The van der Waals surface area contributed by atoms with Gasteiger partial charge in [-0.25, -0.2) is 15.0 Å². The predicted octanol–water partition coefficient (Wildman–Crippen LogP) is 5.23. The second kappa shape index (κ2) is 12.0. The lowest BCUT2D eigenvalue weighted by Crippen LogP contribution is -2.52. The maximum atomic E-state index is 14.0. The summed E-state index contributed by atoms with van der Waals surface area (Å²) >= 11 is 0. The van der Waals surface area contributed by atoms with Crippen molar-refractivity contribution in [3.05, 3.63) is 71.9 Å². The number of benzene rings is 2. The summed E-state index contributed by atoms with van der Waals surface area (Å²) in [6.45, 7) is 5.72. The number of fused-ring (bicyclic) bond motifs is 2. The number of piperazine rings is 1. The van der Waals surface area contributed by atoms with Crippen LogP contribution in [0.4, 0.5) is 13.2 Å². The fraction of sp³-hybridized carbons (Fsp3) is 0.394. The number of carbonyl (C=O) groups is 1. The molecule has 240 valence electrons. The van der Waals surface area contributed by atoms with E-state index in [4.69, 9.17) is 14.5 Å². The van der Waals surface area contributed by atoms with Crippen molar-refractivity contribution in [3.8, 4) is 17.1 Å². The van der Waals surface area contributed by atoms with Crippen LogP contribution in [0.2, 0.25) is 0 Å². The van der Waals surface area contributed by atoms with E-state index >= 15 is 0 Å². The highest BCUT2D eigenvalue weighted by Crippen LogP contribution is 2.34. The largest absolute Gasteiger partial charge is 0.480 e. The van der Waals surface area contributed by atoms with E-state index in [1.165, 1.54) is 6.07 Å². The Labute approximate surface area is 263 Å². The van der Waals surface area contributed by atoms with Crippen LogP contribution in [-0.4, -0.2) is 86.7 Å². The minimum absolute atomic E-state index is 0.0589. The molecule has 46 heavy (non-hydrogen) atoms. The van der Waals surface area contributed by atoms with Crippen molar-refractivity contribution < 1.29 is 27.4 Å². The van der Waals surface area contributed by atoms with E-state index in [0.29, 0.717) is 48.6 Å². The topological polar surface area (TPSA) is 101 Å². The number of amides is 1. The molecule has 10 nitrogen and oxygen atoms in total. The molecular formula is C33H34F3N7O3. The van der Waals surface area contributed by atoms with Crippen molar-refractivity contribution in [3.63, 3.8) is 0 Å². The van der Waals surface area contributed by atoms with Gasteiger partial charge in [-0.2, -0.15) is 13.2 Å². The van der Waals surface area contributed by atoms with Crippen molar-refractivity contribution in [1.82, 2.24) is 34.3 Å². The van der Waals surface area contributed by atoms with Gasteiger partial charge >= 0.3 is 6.18 Å². The minimum Gasteiger partial charge on any atom is -0.480 e. The van der Waals surface area contributed by atoms with Crippen molar-refractivity contribution in [1.29, 1.82) is 0 Å². The molecule has 0 bridgehead atoms. The zero-order valence-corrected chi connectivity index (χ0v) is 25.5. The van der Waals surface area contributed by atoms with Crippen molar-refractivity contribution in [2.45, 2.75) is 32.1 Å². The number of pyridine rings is 1. The second-order valence-corrected chi connectivity index (χ2v) is 12.0. The van der Waals surface area contributed by atoms with Crippen molar-refractivity contribution in [2.24, 2.45) is 5.92 Å². The lowest BCUT2D eigenvalue weighted by atomic mass is 10.1. The summed E-state index contributed by atoms with van der Waals surface area (Å²) in [5, 5.41) is 0.958. The highest BCUT2D eigenvalue weighted by atomic mass is 19.4. The van der Waals surface area contributed by atoms with Gasteiger partial charge in [-0.15, -0.1) is 0 Å². The number of nitrogens with one attached hydrogen (secondary N) is 1. The van der Waals surface area contributed by atoms with Crippen LogP contribution in [0.15, 0.2) is 54.7 Å². The number of H-pyrrole nitrogens is 1. The second-order valence-electron chi connectivity index (χ2n) is 12.0. The number of aromatic amines is 1. The Balaban J connectivity index is 1.19. The summed E-state index contributed by atoms with van der Waals surface area (Å²) in [5.41, 5.74) is 2.20. The van der Waals surface area contributed by atoms with E-state index < -0.39 is 11.7 Å². The van der Waals surface area contributed by atoms with Gasteiger partial charge in [-0.3, -0.25) is 9.69 Å². The van der Waals surface area contributed by atoms with E-state index in [0.717, 1.165) is 60.5 Å². The molecule has 1 N–H and O–H groups in total. The summed E-state index contributed by atoms with van der Waals surface area (Å²) in [6.07, 6.45) is -1.73. The summed E-state index contributed by atoms with van der Waals surface area (Å²) in [7, 11) is 1.58. The molecule has 0 spiro atoms. The molecule has 0 radical (unpaired) electrons. The molecule has 1 amide bonds. The Bertz CT molecular complexity index is 1900. The van der Waals surface area contributed by atoms with Crippen molar-refractivity contribution >= 4 is 27.8 Å². The zero-order chi connectivity index (χ0) is 32.0. The van der Waals surface area contributed by atoms with Crippen LogP contribution in [0.1, 0.15) is 29.7 Å². The van der Waals surface area contributed by atoms with Crippen LogP contribution < -0.4 is 4.74 Å². The molecule has 2 saturated heterocycles. The predicted molar refractivity (Wildman–Crippen MR) is 165 cm³/mol. The Morgan fingerprint density at radius 1 is 1.11 bits per heavy atom. The SMILES string of the molecule is COc1nc2ccccc2cc1-c1cnc([C@@H]2CN(CC3CCOC3)CCN2C(=O)Cn2c(C)nc3cc(C(F)(F)F)ccc32)[nH]1. The molecule has 5 aromatic rings. The molecule has 2 fully saturated rings. The summed E-state index contributed by atoms with van der Waals surface area (Å²) in [5.74, 6) is 1.83. The first-order valence-electron chi connectivity index (χ1n) is 15.3. The Morgan fingerprint density at radius 3 is 2.74 bits per heavy atom. The molecule has 0 saturated carbocycles. The number of aromatic nitrogens is 5. The monoisotopic (exact) mass is 633 g/mol. The van der Waals surface area contributed by atoms with E-state index in [-0.39, 0.29) is 24.0 Å². The smallest absolute Gasteiger partial charge is 0.416 e. The lowest BCUT2D eigenvalue weighted by molar-refractivity contribution is -0.138. The molecule has 5 heterocycles. The Hall–Kier alpha value is -4.49. The number of carbonyl (C=O) groups excluding carboxylic acids is 1. The van der Waals surface area contributed by atoms with E-state index in [1.54, 1.807) is 24.8 Å². The summed E-state index contributed by atoms with van der Waals surface area (Å²) < 4.78 is 52.9. The van der Waals surface area contributed by atoms with Crippen molar-refractivity contribution in [2.75, 3.05) is 46.5 Å². The van der Waals surface area contributed by atoms with Crippen LogP contribution in [0, 0.1) is 12.8 Å². The normalized spacial score (nSPS) is 19.4. The fourth-order valence-corrected chi connectivity index (χ4v) is 6.57. The van der Waals surface area contributed by atoms with Crippen LogP contribution in [-0.2, 0) is 22.3 Å². The summed E-state index contributed by atoms with van der Waals surface area (Å²) in [4.78, 5) is 35.4. The first kappa shape index (κ1) is 30.2. The van der Waals surface area contributed by atoms with E-state index in [1.807, 2.05) is 35.2 Å². The van der Waals surface area contributed by atoms with Crippen LogP contribution in [0.25, 0.3) is 33.2 Å². The number of para-hydroxylation sites is 1. The van der Waals surface area contributed by atoms with Gasteiger partial charge in [-0.1, -0.05) is 18.2 Å². The maximum Gasteiger partial charge on any atom is 0.416 e. The fourth-order valence-electron chi connectivity index (χ4n) is 6.57. The number of alkyl halides is 3. The van der Waals surface area contributed by atoms with Crippen LogP contribution >= 0.6 is 0 Å². The Kier molecular flexibility index (Phi) is 7.89. The van der Waals surface area contributed by atoms with Crippen LogP contribution in [0.3, 0.4) is 0 Å². The first-order valence-corrected chi connectivity index (χ1v) is 15.3. The molecule has 13 heteroatoms. The molecular weight excluding hydrogens is 599 g/mol. The average molecular weight is 634 g/mol. The first-order chi connectivity index (χ1) is 22.2. The highest BCUT2D eigenvalue weighted by molar-refractivity contribution is 5.85. The van der Waals surface area contributed by atoms with Crippen LogP contribution in [0.5, 0.6) is 5.88 Å². The molecule has 3 aromatic heterocycles. The van der Waals surface area contributed by atoms with Gasteiger partial charge in [0.15, 0.2) is 0 Å². The third-order valence-corrected chi connectivity index (χ3v) is 8.97. The average Bonchev–Trinajstić information content (AvgIpc) is 3.81. The van der Waals surface area contributed by atoms with E-state index in [2.05, 4.69) is 19.9 Å². The van der Waals surface area contributed by atoms with Gasteiger partial charge in [0.1, 0.15) is 24.2 Å². The third-order valence-electron chi connectivity index (χ3n) is 8.97. The van der Waals surface area contributed by atoms with Gasteiger partial charge < -0.3 is 23.9 Å². The lowest BCUT2D eigenvalue weighted by Gasteiger charge is -2.41. The number of nitrogens with zero attached hydrogens (tertiary/aromatic N) is 6. The minimum atomic E-state index is -4.48. The molecule has 2 aromatic carbocycles. The third kappa shape index (κ3) is 5.80. The number of rotatable bonds is 7. The number of hydrogen-bond acceptors (Lipinski definition) is 7. The molecule has 1 unspecified atom stereocenters. The molecule has 2 aliphatic heterocycles. The number of hydrogen-bond donors (Lipinski definition) is 1. The molecule has 7 rings (SSSR count). The number of ether oxygens (including phenoxy) is 2. The number of aryl methyl sites for hydroxylation is 1. The standard InChI is InChI=1S/C33H34F3N7O3/c1-20-38-26-14-23(33(34,35)36)7-8-28(26)43(20)18-30(44)42-11-10-41(16-21-9-12-46-19-21)17-29(42)31-37-15-27(39-31)24-13-22-5-3-4-6-25(22)40-32(24)45-2/h3-8,13-15,21,29H,9-12,16-19H2,1-2H3,(H,37,39)/t21?,29-/m0/s1. The molecule has 2 atom stereocenters. The zero-order valence-electron chi connectivity index (χ0n) is 25.5. The highest BCUT2D eigenvalue weighted by Gasteiger charge is 2.36. The van der Waals surface area contributed by atoms with Gasteiger partial charge in [0.25, 0.3) is 0 Å². The number of methoxy groups -OCH3 is 1. The maximum absolute atomic E-state index is 14.0. The Morgan fingerprint density at radius 2 is 1.96 bits per heavy atom. The molecule has 2 aliphatic rings. The molecule has 0 aliphatic carbocycles. The summed E-state index contributed by atoms with van der Waals surface area (Å²) in [6, 6.07) is 12.8. The number of imidazole rings is 2. The quantitative estimate of drug-likeness (QED) is 0.262. The number of halogens is 3. The van der Waals surface area contributed by atoms with Gasteiger partial charge in [0.05, 0.1) is 53.3 Å².